The third-order valence-electron chi connectivity index (χ3n) is 5.09. The number of rotatable bonds is 5. The van der Waals surface area contributed by atoms with Gasteiger partial charge in [-0.15, -0.1) is 0 Å². The van der Waals surface area contributed by atoms with Crippen LogP contribution in [0.2, 0.25) is 0 Å². The minimum atomic E-state index is -0.287. The Morgan fingerprint density at radius 1 is 1.35 bits per heavy atom. The summed E-state index contributed by atoms with van der Waals surface area (Å²) in [4.78, 5) is 33.7. The van der Waals surface area contributed by atoms with Crippen LogP contribution in [0.1, 0.15) is 53.6 Å². The number of furan rings is 1. The number of nitrogens with zero attached hydrogens (tertiary/aromatic N) is 2. The van der Waals surface area contributed by atoms with Crippen LogP contribution >= 0.6 is 0 Å². The molecule has 1 amide bonds. The molecule has 0 atom stereocenters. The van der Waals surface area contributed by atoms with Gasteiger partial charge in [0, 0.05) is 31.1 Å². The first-order chi connectivity index (χ1) is 12.6. The monoisotopic (exact) mass is 358 g/mol. The van der Waals surface area contributed by atoms with Gasteiger partial charge in [-0.05, 0) is 37.8 Å². The van der Waals surface area contributed by atoms with E-state index in [1.165, 1.54) is 0 Å². The van der Waals surface area contributed by atoms with E-state index in [1.807, 2.05) is 0 Å². The molecule has 3 heterocycles. The molecule has 3 N–H and O–H groups in total. The summed E-state index contributed by atoms with van der Waals surface area (Å²) >= 11 is 0. The largest absolute Gasteiger partial charge is 0.453 e. The number of aromatic amines is 1. The summed E-state index contributed by atoms with van der Waals surface area (Å²) in [6.07, 6.45) is 3.73. The van der Waals surface area contributed by atoms with Gasteiger partial charge in [0.25, 0.3) is 11.5 Å². The molecule has 26 heavy (non-hydrogen) atoms. The molecule has 0 bridgehead atoms. The van der Waals surface area contributed by atoms with Gasteiger partial charge in [-0.1, -0.05) is 0 Å². The Bertz CT molecular complexity index is 847. The lowest BCUT2D eigenvalue weighted by Crippen LogP contribution is -2.43. The molecule has 0 unspecified atom stereocenters. The first kappa shape index (κ1) is 16.8. The lowest BCUT2D eigenvalue weighted by atomic mass is 9.78. The summed E-state index contributed by atoms with van der Waals surface area (Å²) < 4.78 is 5.24. The molecule has 1 aliphatic heterocycles. The van der Waals surface area contributed by atoms with E-state index in [2.05, 4.69) is 20.2 Å². The van der Waals surface area contributed by atoms with Gasteiger partial charge >= 0.3 is 0 Å². The van der Waals surface area contributed by atoms with Crippen molar-refractivity contribution in [1.82, 2.24) is 15.3 Å². The highest BCUT2D eigenvalue weighted by Crippen LogP contribution is 2.36. The maximum absolute atomic E-state index is 12.1. The lowest BCUT2D eigenvalue weighted by molar-refractivity contribution is 0.0875. The predicted molar refractivity (Wildman–Crippen MR) is 94.2 cm³/mol. The van der Waals surface area contributed by atoms with Gasteiger partial charge < -0.3 is 19.7 Å². The molecule has 0 spiro atoms. The molecule has 0 aromatic carbocycles. The molecular weight excluding hydrogens is 336 g/mol. The molecule has 2 fully saturated rings. The Kier molecular flexibility index (Phi) is 4.50. The molecule has 8 nitrogen and oxygen atoms in total. The van der Waals surface area contributed by atoms with E-state index >= 15 is 0 Å². The smallest absolute Gasteiger partial charge is 0.287 e. The van der Waals surface area contributed by atoms with Gasteiger partial charge in [0.05, 0.1) is 5.69 Å². The molecule has 2 aliphatic rings. The second-order valence-electron chi connectivity index (χ2n) is 6.95. The fourth-order valence-electron chi connectivity index (χ4n) is 3.57. The van der Waals surface area contributed by atoms with Crippen LogP contribution < -0.4 is 15.8 Å². The number of hydrogen-bond donors (Lipinski definition) is 3. The standard InChI is InChI=1S/C18H22N4O4/c23-10-13-3-4-15(26-13)17(25)19-12-7-11(8-12)14-9-16(24)21-18(20-14)22-5-1-2-6-22/h3-4,9,11-12,23H,1-2,5-8,10H2,(H,19,25)(H,20,21,24). The molecule has 1 saturated carbocycles. The Hall–Kier alpha value is -2.61. The normalized spacial score (nSPS) is 22.3. The van der Waals surface area contributed by atoms with Gasteiger partial charge in [-0.2, -0.15) is 0 Å². The minimum Gasteiger partial charge on any atom is -0.453 e. The second kappa shape index (κ2) is 6.95. The number of aliphatic hydroxyl groups excluding tert-OH is 1. The van der Waals surface area contributed by atoms with Gasteiger partial charge in [0.2, 0.25) is 5.95 Å². The van der Waals surface area contributed by atoms with Crippen LogP contribution in [0.3, 0.4) is 0 Å². The average molecular weight is 358 g/mol. The van der Waals surface area contributed by atoms with Crippen LogP contribution in [0.4, 0.5) is 5.95 Å². The molecular formula is C18H22N4O4. The Balaban J connectivity index is 1.37. The van der Waals surface area contributed by atoms with Crippen LogP contribution in [0.5, 0.6) is 0 Å². The topological polar surface area (TPSA) is 111 Å². The first-order valence-corrected chi connectivity index (χ1v) is 8.99. The van der Waals surface area contributed by atoms with Crippen LogP contribution in [-0.4, -0.2) is 40.1 Å². The zero-order valence-electron chi connectivity index (χ0n) is 14.4. The van der Waals surface area contributed by atoms with Crippen molar-refractivity contribution in [2.24, 2.45) is 0 Å². The second-order valence-corrected chi connectivity index (χ2v) is 6.95. The van der Waals surface area contributed by atoms with Crippen LogP contribution in [0, 0.1) is 0 Å². The number of nitrogens with one attached hydrogen (secondary N) is 2. The summed E-state index contributed by atoms with van der Waals surface area (Å²) in [6.45, 7) is 1.62. The van der Waals surface area contributed by atoms with E-state index in [-0.39, 0.29) is 35.8 Å². The molecule has 8 heteroatoms. The first-order valence-electron chi connectivity index (χ1n) is 8.99. The molecule has 2 aromatic rings. The van der Waals surface area contributed by atoms with Crippen molar-refractivity contribution in [3.8, 4) is 0 Å². The van der Waals surface area contributed by atoms with Gasteiger partial charge in [0.15, 0.2) is 5.76 Å². The summed E-state index contributed by atoms with van der Waals surface area (Å²) in [5.41, 5.74) is 0.665. The van der Waals surface area contributed by atoms with Crippen LogP contribution in [0.15, 0.2) is 27.4 Å². The Labute approximate surface area is 150 Å². The van der Waals surface area contributed by atoms with Crippen LogP contribution in [-0.2, 0) is 6.61 Å². The van der Waals surface area contributed by atoms with Crippen LogP contribution in [0.25, 0.3) is 0 Å². The lowest BCUT2D eigenvalue weighted by Gasteiger charge is -2.35. The van der Waals surface area contributed by atoms with E-state index in [0.717, 1.165) is 44.5 Å². The fraction of sp³-hybridized carbons (Fsp3) is 0.500. The Morgan fingerprint density at radius 3 is 2.81 bits per heavy atom. The number of hydrogen-bond acceptors (Lipinski definition) is 6. The number of carbonyl (C=O) groups excluding carboxylic acids is 1. The molecule has 0 radical (unpaired) electrons. The number of aliphatic hydroxyl groups is 1. The van der Waals surface area contributed by atoms with Crippen molar-refractivity contribution in [1.29, 1.82) is 0 Å². The van der Waals surface area contributed by atoms with Crippen molar-refractivity contribution in [3.63, 3.8) is 0 Å². The molecule has 138 valence electrons. The molecule has 4 rings (SSSR count). The number of amides is 1. The third kappa shape index (κ3) is 3.37. The van der Waals surface area contributed by atoms with Gasteiger partial charge in [-0.3, -0.25) is 14.6 Å². The van der Waals surface area contributed by atoms with E-state index in [0.29, 0.717) is 11.7 Å². The minimum absolute atomic E-state index is 0.0338. The SMILES string of the molecule is O=C(NC1CC(c2cc(=O)[nH]c(N3CCCC3)n2)C1)c1ccc(CO)o1. The highest BCUT2D eigenvalue weighted by Gasteiger charge is 2.33. The summed E-state index contributed by atoms with van der Waals surface area (Å²) in [5.74, 6) is 1.11. The maximum atomic E-state index is 12.1. The summed E-state index contributed by atoms with van der Waals surface area (Å²) in [7, 11) is 0. The van der Waals surface area contributed by atoms with E-state index in [1.54, 1.807) is 18.2 Å². The molecule has 1 saturated heterocycles. The highest BCUT2D eigenvalue weighted by molar-refractivity contribution is 5.91. The van der Waals surface area contributed by atoms with E-state index in [4.69, 9.17) is 9.52 Å². The predicted octanol–water partition coefficient (Wildman–Crippen LogP) is 1.13. The summed E-state index contributed by atoms with van der Waals surface area (Å²) in [5, 5.41) is 11.9. The third-order valence-corrected chi connectivity index (χ3v) is 5.09. The van der Waals surface area contributed by atoms with Crippen molar-refractivity contribution >= 4 is 11.9 Å². The van der Waals surface area contributed by atoms with Gasteiger partial charge in [-0.25, -0.2) is 4.98 Å². The fourth-order valence-corrected chi connectivity index (χ4v) is 3.57. The van der Waals surface area contributed by atoms with E-state index < -0.39 is 0 Å². The van der Waals surface area contributed by atoms with E-state index in [9.17, 15) is 9.59 Å². The number of aromatic nitrogens is 2. The number of carbonyl (C=O) groups is 1. The summed E-state index contributed by atoms with van der Waals surface area (Å²) in [6, 6.07) is 4.73. The molecule has 1 aliphatic carbocycles. The highest BCUT2D eigenvalue weighted by atomic mass is 16.4. The number of anilines is 1. The van der Waals surface area contributed by atoms with Gasteiger partial charge in [0.1, 0.15) is 12.4 Å². The van der Waals surface area contributed by atoms with Crippen molar-refractivity contribution in [2.45, 2.75) is 44.2 Å². The van der Waals surface area contributed by atoms with Crippen molar-refractivity contribution in [3.05, 3.63) is 45.8 Å². The zero-order chi connectivity index (χ0) is 18.1. The Morgan fingerprint density at radius 2 is 2.12 bits per heavy atom. The zero-order valence-corrected chi connectivity index (χ0v) is 14.4. The number of H-pyrrole nitrogens is 1. The van der Waals surface area contributed by atoms with Crippen molar-refractivity contribution in [2.75, 3.05) is 18.0 Å². The average Bonchev–Trinajstić information content (AvgIpc) is 3.27. The quantitative estimate of drug-likeness (QED) is 0.739. The van der Waals surface area contributed by atoms with Crippen molar-refractivity contribution < 1.29 is 14.3 Å². The maximum Gasteiger partial charge on any atom is 0.287 e. The molecule has 2 aromatic heterocycles.